The molecule has 0 N–H and O–H groups in total. The van der Waals surface area contributed by atoms with Crippen LogP contribution in [-0.4, -0.2) is 22.8 Å². The van der Waals surface area contributed by atoms with Crippen molar-refractivity contribution in [2.24, 2.45) is 0 Å². The third kappa shape index (κ3) is 0.922. The van der Waals surface area contributed by atoms with E-state index in [1.54, 1.807) is 12.1 Å². The molecule has 2 rings (SSSR count). The summed E-state index contributed by atoms with van der Waals surface area (Å²) in [6.45, 7) is 0. The molecule has 1 aromatic rings. The molecular weight excluding hydrogens is 186 g/mol. The summed E-state index contributed by atoms with van der Waals surface area (Å²) in [6.07, 6.45) is -1.80. The smallest absolute Gasteiger partial charge is 0.268 e. The van der Waals surface area contributed by atoms with Gasteiger partial charge in [0.2, 0.25) is 0 Å². The molecule has 0 saturated carbocycles. The highest BCUT2D eigenvalue weighted by Crippen LogP contribution is 2.22. The molecule has 69 valence electrons. The summed E-state index contributed by atoms with van der Waals surface area (Å²) in [5, 5.41) is 10.5. The highest BCUT2D eigenvalue weighted by molar-refractivity contribution is 6.27. The van der Waals surface area contributed by atoms with Crippen molar-refractivity contribution < 1.29 is 19.5 Å². The predicted octanol–water partition coefficient (Wildman–Crippen LogP) is 0.833. The second kappa shape index (κ2) is 2.66. The number of carbonyl (C=O) groups excluding carboxylic acids is 3. The van der Waals surface area contributed by atoms with Crippen molar-refractivity contribution in [2.45, 2.75) is 0 Å². The van der Waals surface area contributed by atoms with Gasteiger partial charge in [-0.2, -0.15) is 4.90 Å². The summed E-state index contributed by atoms with van der Waals surface area (Å²) < 4.78 is 0. The van der Waals surface area contributed by atoms with Gasteiger partial charge in [-0.15, -0.1) is 0 Å². The number of hydrogen-bond donors (Lipinski definition) is 0. The van der Waals surface area contributed by atoms with Gasteiger partial charge in [-0.05, 0) is 12.1 Å². The first-order valence-electron chi connectivity index (χ1n) is 3.81. The molecule has 5 heteroatoms. The van der Waals surface area contributed by atoms with Crippen LogP contribution in [0.15, 0.2) is 24.3 Å². The van der Waals surface area contributed by atoms with Gasteiger partial charge in [-0.3, -0.25) is 9.59 Å². The number of benzene rings is 1. The first kappa shape index (κ1) is 8.43. The van der Waals surface area contributed by atoms with Crippen LogP contribution in [0.5, 0.6) is 0 Å². The van der Waals surface area contributed by atoms with Crippen molar-refractivity contribution in [3.63, 3.8) is 0 Å². The Hall–Kier alpha value is -2.17. The highest BCUT2D eigenvalue weighted by Gasteiger charge is 2.40. The van der Waals surface area contributed by atoms with Crippen LogP contribution in [0.25, 0.3) is 0 Å². The van der Waals surface area contributed by atoms with Crippen molar-refractivity contribution in [1.29, 1.82) is 0 Å². The number of nitrogens with zero attached hydrogens (tertiary/aromatic N) is 1. The molecule has 1 radical (unpaired) electrons. The maximum absolute atomic E-state index is 11.3. The van der Waals surface area contributed by atoms with Gasteiger partial charge in [-0.1, -0.05) is 12.1 Å². The van der Waals surface area contributed by atoms with Crippen molar-refractivity contribution >= 4 is 17.9 Å². The zero-order valence-corrected chi connectivity index (χ0v) is 6.89. The van der Waals surface area contributed by atoms with Gasteiger partial charge in [-0.25, -0.2) is 9.90 Å². The number of hydrogen-bond acceptors (Lipinski definition) is 3. The minimum absolute atomic E-state index is 0.0988. The molecule has 0 fully saturated rings. The van der Waals surface area contributed by atoms with Crippen LogP contribution in [-0.2, 0) is 5.11 Å². The largest absolute Gasteiger partial charge is 0.467 e. The topological polar surface area (TPSA) is 74.3 Å². The minimum atomic E-state index is -1.80. The fraction of sp³-hybridized carbons (Fsp3) is 0. The fourth-order valence-electron chi connectivity index (χ4n) is 1.36. The number of imide groups is 3. The summed E-state index contributed by atoms with van der Waals surface area (Å²) >= 11 is 0. The molecular formula is C9H4NO4. The Morgan fingerprint density at radius 1 is 1.00 bits per heavy atom. The molecule has 1 heterocycles. The van der Waals surface area contributed by atoms with E-state index >= 15 is 0 Å². The Morgan fingerprint density at radius 2 is 1.43 bits per heavy atom. The molecule has 1 aliphatic rings. The van der Waals surface area contributed by atoms with Gasteiger partial charge >= 0.3 is 6.09 Å². The summed E-state index contributed by atoms with van der Waals surface area (Å²) in [4.78, 5) is 33.2. The average Bonchev–Trinajstić information content (AvgIpc) is 2.41. The van der Waals surface area contributed by atoms with E-state index in [1.165, 1.54) is 12.1 Å². The van der Waals surface area contributed by atoms with E-state index in [0.717, 1.165) is 0 Å². The second-order valence-electron chi connectivity index (χ2n) is 2.76. The molecule has 0 unspecified atom stereocenters. The van der Waals surface area contributed by atoms with E-state index < -0.39 is 17.9 Å². The molecule has 0 aliphatic carbocycles. The van der Waals surface area contributed by atoms with Crippen LogP contribution in [0.1, 0.15) is 20.7 Å². The van der Waals surface area contributed by atoms with E-state index in [1.807, 2.05) is 0 Å². The fourth-order valence-corrected chi connectivity index (χ4v) is 1.36. The molecule has 1 aliphatic heterocycles. The van der Waals surface area contributed by atoms with E-state index in [0.29, 0.717) is 0 Å². The van der Waals surface area contributed by atoms with Crippen molar-refractivity contribution in [3.05, 3.63) is 35.4 Å². The first-order chi connectivity index (χ1) is 6.63. The van der Waals surface area contributed by atoms with E-state index in [4.69, 9.17) is 0 Å². The second-order valence-corrected chi connectivity index (χ2v) is 2.76. The normalized spacial score (nSPS) is 14.4. The van der Waals surface area contributed by atoms with Crippen LogP contribution >= 0.6 is 0 Å². The summed E-state index contributed by atoms with van der Waals surface area (Å²) in [5.41, 5.74) is 0.198. The van der Waals surface area contributed by atoms with Crippen molar-refractivity contribution in [3.8, 4) is 0 Å². The lowest BCUT2D eigenvalue weighted by Crippen LogP contribution is -2.33. The molecule has 14 heavy (non-hydrogen) atoms. The quantitative estimate of drug-likeness (QED) is 0.568. The Labute approximate surface area is 78.6 Å². The molecule has 0 aromatic heterocycles. The van der Waals surface area contributed by atoms with Gasteiger partial charge in [0.1, 0.15) is 0 Å². The maximum Gasteiger partial charge on any atom is 0.467 e. The third-order valence-corrected chi connectivity index (χ3v) is 1.98. The van der Waals surface area contributed by atoms with E-state index in [9.17, 15) is 19.5 Å². The van der Waals surface area contributed by atoms with Gasteiger partial charge in [0.15, 0.2) is 0 Å². The summed E-state index contributed by atoms with van der Waals surface area (Å²) in [5.74, 6) is -1.68. The number of amides is 3. The number of rotatable bonds is 0. The zero-order chi connectivity index (χ0) is 10.3. The summed E-state index contributed by atoms with van der Waals surface area (Å²) in [7, 11) is 0. The molecule has 0 atom stereocenters. The summed E-state index contributed by atoms with van der Waals surface area (Å²) in [6, 6.07) is 5.92. The zero-order valence-electron chi connectivity index (χ0n) is 6.89. The predicted molar refractivity (Wildman–Crippen MR) is 43.0 cm³/mol. The van der Waals surface area contributed by atoms with Crippen molar-refractivity contribution in [2.75, 3.05) is 0 Å². The van der Waals surface area contributed by atoms with Gasteiger partial charge in [0.25, 0.3) is 11.8 Å². The lowest BCUT2D eigenvalue weighted by atomic mass is 10.1. The number of fused-ring (bicyclic) bond motifs is 1. The molecule has 0 spiro atoms. The molecule has 0 saturated heterocycles. The lowest BCUT2D eigenvalue weighted by Gasteiger charge is -2.02. The Balaban J connectivity index is 2.59. The van der Waals surface area contributed by atoms with Crippen LogP contribution in [0.4, 0.5) is 4.79 Å². The Morgan fingerprint density at radius 3 is 1.79 bits per heavy atom. The van der Waals surface area contributed by atoms with Gasteiger partial charge in [0.05, 0.1) is 11.1 Å². The molecule has 1 aromatic carbocycles. The Kier molecular flexibility index (Phi) is 1.60. The van der Waals surface area contributed by atoms with Crippen molar-refractivity contribution in [1.82, 2.24) is 4.90 Å². The van der Waals surface area contributed by atoms with Crippen LogP contribution in [0, 0.1) is 0 Å². The maximum atomic E-state index is 11.3. The van der Waals surface area contributed by atoms with Crippen LogP contribution in [0.3, 0.4) is 0 Å². The lowest BCUT2D eigenvalue weighted by molar-refractivity contribution is 0.0615. The molecule has 0 bridgehead atoms. The SMILES string of the molecule is [O]C(=O)N1C(=O)c2ccccc2C1=O. The standard InChI is InChI=1S/C9H4NO4/c11-7-5-3-1-2-4-6(5)8(12)10(7)9(13)14/h1-4H. The van der Waals surface area contributed by atoms with E-state index in [2.05, 4.69) is 0 Å². The first-order valence-corrected chi connectivity index (χ1v) is 3.81. The van der Waals surface area contributed by atoms with E-state index in [-0.39, 0.29) is 16.0 Å². The minimum Gasteiger partial charge on any atom is -0.268 e. The molecule has 5 nitrogen and oxygen atoms in total. The Bertz CT molecular complexity index is 417. The molecule has 3 amide bonds. The van der Waals surface area contributed by atoms with Gasteiger partial charge < -0.3 is 0 Å². The van der Waals surface area contributed by atoms with Gasteiger partial charge in [0, 0.05) is 0 Å². The highest BCUT2D eigenvalue weighted by atomic mass is 16.4. The third-order valence-electron chi connectivity index (χ3n) is 1.98. The number of carbonyl (C=O) groups is 3. The average molecular weight is 190 g/mol. The monoisotopic (exact) mass is 190 g/mol. The van der Waals surface area contributed by atoms with Crippen LogP contribution < -0.4 is 0 Å². The van der Waals surface area contributed by atoms with Crippen LogP contribution in [0.2, 0.25) is 0 Å².